The Hall–Kier alpha value is -1.51. The minimum absolute atomic E-state index is 0.0652. The van der Waals surface area contributed by atoms with Gasteiger partial charge in [0.15, 0.2) is 14.6 Å². The first-order valence-corrected chi connectivity index (χ1v) is 14.3. The number of fused-ring (bicyclic) bond motifs is 1. The van der Waals surface area contributed by atoms with Crippen LogP contribution in [0.4, 0.5) is 0 Å². The van der Waals surface area contributed by atoms with Crippen molar-refractivity contribution in [2.75, 3.05) is 13.7 Å². The summed E-state index contributed by atoms with van der Waals surface area (Å²) in [5.41, 5.74) is 0.398. The van der Waals surface area contributed by atoms with E-state index in [0.717, 1.165) is 5.56 Å². The molecule has 5 atom stereocenters. The van der Waals surface area contributed by atoms with E-state index in [1.165, 1.54) is 13.2 Å². The Balaban J connectivity index is 1.81. The van der Waals surface area contributed by atoms with E-state index < -0.39 is 20.2 Å². The van der Waals surface area contributed by atoms with Crippen molar-refractivity contribution in [1.29, 1.82) is 0 Å². The summed E-state index contributed by atoms with van der Waals surface area (Å²) in [4.78, 5) is 11.6. The zero-order chi connectivity index (χ0) is 23.6. The van der Waals surface area contributed by atoms with Crippen molar-refractivity contribution >= 4 is 14.3 Å². The number of carbonyl (C=O) groups excluding carboxylic acids is 1. The molecule has 2 heterocycles. The molecule has 7 heteroatoms. The minimum atomic E-state index is -2.07. The van der Waals surface area contributed by atoms with Gasteiger partial charge in [0.1, 0.15) is 6.10 Å². The van der Waals surface area contributed by atoms with Crippen LogP contribution in [0.25, 0.3) is 0 Å². The van der Waals surface area contributed by atoms with Crippen LogP contribution in [-0.2, 0) is 28.2 Å². The molecule has 0 aromatic heterocycles. The highest BCUT2D eigenvalue weighted by molar-refractivity contribution is 6.74. The Morgan fingerprint density at radius 1 is 1.22 bits per heavy atom. The molecule has 0 spiro atoms. The standard InChI is InChI=1S/C25H38O6Si/c1-24(2,3)32(6,7)31-21-16-19-20(30-25(21,4)15-11-14-22(26)27-5)17-28-23(29-19)18-12-9-8-10-13-18/h8-14,19-21,23H,15-17H2,1-7H3/b14-11+/t19-,20+,21+,23+,25-/m0/s1. The first-order chi connectivity index (χ1) is 14.9. The second kappa shape index (κ2) is 9.77. The molecule has 2 saturated heterocycles. The fourth-order valence-electron chi connectivity index (χ4n) is 3.90. The van der Waals surface area contributed by atoms with Gasteiger partial charge in [0.25, 0.3) is 0 Å². The Labute approximate surface area is 193 Å². The molecule has 1 aromatic carbocycles. The SMILES string of the molecule is COC(=O)/C=C/C[C@]1(C)O[C@@H]2CO[C@@H](c3ccccc3)O[C@H]2C[C@H]1O[Si](C)(C)C(C)(C)C. The predicted molar refractivity (Wildman–Crippen MR) is 126 cm³/mol. The molecule has 0 aliphatic carbocycles. The number of esters is 1. The van der Waals surface area contributed by atoms with E-state index in [1.54, 1.807) is 0 Å². The van der Waals surface area contributed by atoms with Gasteiger partial charge in [-0.3, -0.25) is 0 Å². The van der Waals surface area contributed by atoms with Gasteiger partial charge in [0, 0.05) is 18.1 Å². The van der Waals surface area contributed by atoms with E-state index in [2.05, 4.69) is 40.8 Å². The second-order valence-corrected chi connectivity index (χ2v) is 15.2. The van der Waals surface area contributed by atoms with Crippen molar-refractivity contribution < 1.29 is 28.2 Å². The average molecular weight is 463 g/mol. The third-order valence-electron chi connectivity index (χ3n) is 6.97. The van der Waals surface area contributed by atoms with Crippen LogP contribution >= 0.6 is 0 Å². The number of hydrogen-bond donors (Lipinski definition) is 0. The lowest BCUT2D eigenvalue weighted by Gasteiger charge is -2.53. The third-order valence-corrected chi connectivity index (χ3v) is 11.5. The molecule has 0 N–H and O–H groups in total. The van der Waals surface area contributed by atoms with Crippen molar-refractivity contribution in [1.82, 2.24) is 0 Å². The van der Waals surface area contributed by atoms with Gasteiger partial charge in [0.2, 0.25) is 0 Å². The molecule has 2 aliphatic heterocycles. The van der Waals surface area contributed by atoms with Crippen LogP contribution in [0.2, 0.25) is 18.1 Å². The smallest absolute Gasteiger partial charge is 0.330 e. The molecule has 2 aliphatic rings. The molecule has 2 fully saturated rings. The number of carbonyl (C=O) groups is 1. The summed E-state index contributed by atoms with van der Waals surface area (Å²) in [5, 5.41) is 0.0652. The molecule has 32 heavy (non-hydrogen) atoms. The highest BCUT2D eigenvalue weighted by Gasteiger charge is 2.52. The van der Waals surface area contributed by atoms with Gasteiger partial charge in [-0.2, -0.15) is 0 Å². The summed E-state index contributed by atoms with van der Waals surface area (Å²) in [6.07, 6.45) is 3.63. The van der Waals surface area contributed by atoms with Crippen LogP contribution in [0.15, 0.2) is 42.5 Å². The lowest BCUT2D eigenvalue weighted by Crippen LogP contribution is -2.61. The molecule has 1 aromatic rings. The normalized spacial score (nSPS) is 31.3. The van der Waals surface area contributed by atoms with Crippen molar-refractivity contribution in [3.05, 3.63) is 48.0 Å². The summed E-state index contributed by atoms with van der Waals surface area (Å²) >= 11 is 0. The summed E-state index contributed by atoms with van der Waals surface area (Å²) in [6.45, 7) is 13.7. The zero-order valence-corrected chi connectivity index (χ0v) is 21.4. The Kier molecular flexibility index (Phi) is 7.67. The molecule has 3 rings (SSSR count). The predicted octanol–water partition coefficient (Wildman–Crippen LogP) is 5.16. The lowest BCUT2D eigenvalue weighted by atomic mass is 9.85. The van der Waals surface area contributed by atoms with Gasteiger partial charge < -0.3 is 23.4 Å². The van der Waals surface area contributed by atoms with Crippen molar-refractivity contribution in [3.63, 3.8) is 0 Å². The van der Waals surface area contributed by atoms with E-state index in [9.17, 15) is 4.79 Å². The van der Waals surface area contributed by atoms with Gasteiger partial charge in [-0.05, 0) is 31.5 Å². The van der Waals surface area contributed by atoms with Crippen molar-refractivity contribution in [2.24, 2.45) is 0 Å². The maximum absolute atomic E-state index is 11.6. The molecule has 6 nitrogen and oxygen atoms in total. The zero-order valence-electron chi connectivity index (χ0n) is 20.4. The van der Waals surface area contributed by atoms with Gasteiger partial charge in [0.05, 0.1) is 31.5 Å². The second-order valence-electron chi connectivity index (χ2n) is 10.5. The fraction of sp³-hybridized carbons (Fsp3) is 0.640. The van der Waals surface area contributed by atoms with Gasteiger partial charge >= 0.3 is 5.97 Å². The highest BCUT2D eigenvalue weighted by Crippen LogP contribution is 2.45. The summed E-state index contributed by atoms with van der Waals surface area (Å²) in [6, 6.07) is 9.98. The monoisotopic (exact) mass is 462 g/mol. The van der Waals surface area contributed by atoms with Crippen LogP contribution < -0.4 is 0 Å². The number of hydrogen-bond acceptors (Lipinski definition) is 6. The van der Waals surface area contributed by atoms with Crippen LogP contribution in [-0.4, -0.2) is 51.9 Å². The maximum Gasteiger partial charge on any atom is 0.330 e. The molecule has 0 bridgehead atoms. The van der Waals surface area contributed by atoms with Crippen LogP contribution in [0.5, 0.6) is 0 Å². The van der Waals surface area contributed by atoms with Crippen molar-refractivity contribution in [3.8, 4) is 0 Å². The quantitative estimate of drug-likeness (QED) is 0.331. The molecule has 0 amide bonds. The molecular formula is C25H38O6Si. The first-order valence-electron chi connectivity index (χ1n) is 11.4. The average Bonchev–Trinajstić information content (AvgIpc) is 2.73. The van der Waals surface area contributed by atoms with E-state index in [-0.39, 0.29) is 29.3 Å². The molecule has 178 valence electrons. The lowest BCUT2D eigenvalue weighted by molar-refractivity contribution is -0.318. The number of rotatable bonds is 6. The Bertz CT molecular complexity index is 802. The third kappa shape index (κ3) is 5.69. The summed E-state index contributed by atoms with van der Waals surface area (Å²) in [5.74, 6) is -0.376. The number of ether oxygens (including phenoxy) is 4. The summed E-state index contributed by atoms with van der Waals surface area (Å²) in [7, 11) is -0.695. The van der Waals surface area contributed by atoms with E-state index in [1.807, 2.05) is 36.4 Å². The van der Waals surface area contributed by atoms with Gasteiger partial charge in [-0.25, -0.2) is 4.79 Å². The topological polar surface area (TPSA) is 63.2 Å². The van der Waals surface area contributed by atoms with Crippen LogP contribution in [0.3, 0.4) is 0 Å². The minimum Gasteiger partial charge on any atom is -0.466 e. The van der Waals surface area contributed by atoms with Crippen molar-refractivity contribution in [2.45, 2.75) is 88.9 Å². The molecule has 0 saturated carbocycles. The number of methoxy groups -OCH3 is 1. The summed E-state index contributed by atoms with van der Waals surface area (Å²) < 4.78 is 30.6. The highest BCUT2D eigenvalue weighted by atomic mass is 28.4. The largest absolute Gasteiger partial charge is 0.466 e. The molecular weight excluding hydrogens is 424 g/mol. The Morgan fingerprint density at radius 3 is 2.53 bits per heavy atom. The van der Waals surface area contributed by atoms with Crippen LogP contribution in [0, 0.1) is 0 Å². The Morgan fingerprint density at radius 2 is 1.91 bits per heavy atom. The first kappa shape index (κ1) is 25.1. The molecule has 0 unspecified atom stereocenters. The van der Waals surface area contributed by atoms with E-state index in [4.69, 9.17) is 23.4 Å². The molecule has 0 radical (unpaired) electrons. The van der Waals surface area contributed by atoms with E-state index >= 15 is 0 Å². The fourth-order valence-corrected chi connectivity index (χ4v) is 5.31. The van der Waals surface area contributed by atoms with Gasteiger partial charge in [-0.1, -0.05) is 57.2 Å². The van der Waals surface area contributed by atoms with Gasteiger partial charge in [-0.15, -0.1) is 0 Å². The van der Waals surface area contributed by atoms with E-state index in [0.29, 0.717) is 19.4 Å². The maximum atomic E-state index is 11.6. The van der Waals surface area contributed by atoms with Crippen LogP contribution in [0.1, 0.15) is 52.4 Å². The number of benzene rings is 1.